The van der Waals surface area contributed by atoms with Gasteiger partial charge in [-0.05, 0) is 55.0 Å². The van der Waals surface area contributed by atoms with Gasteiger partial charge in [-0.1, -0.05) is 6.07 Å². The van der Waals surface area contributed by atoms with Crippen molar-refractivity contribution in [1.29, 1.82) is 0 Å². The van der Waals surface area contributed by atoms with E-state index in [0.717, 1.165) is 53.3 Å². The number of pyridine rings is 2. The summed E-state index contributed by atoms with van der Waals surface area (Å²) in [6, 6.07) is 7.89. The first-order valence-corrected chi connectivity index (χ1v) is 9.83. The van der Waals surface area contributed by atoms with E-state index in [2.05, 4.69) is 21.0 Å². The zero-order valence-corrected chi connectivity index (χ0v) is 15.3. The van der Waals surface area contributed by atoms with Crippen LogP contribution in [0.25, 0.3) is 0 Å². The van der Waals surface area contributed by atoms with Crippen molar-refractivity contribution in [3.05, 3.63) is 81.9 Å². The van der Waals surface area contributed by atoms with Gasteiger partial charge in [-0.3, -0.25) is 14.5 Å². The quantitative estimate of drug-likeness (QED) is 0.514. The summed E-state index contributed by atoms with van der Waals surface area (Å²) >= 11 is 1.64. The van der Waals surface area contributed by atoms with Gasteiger partial charge in [0, 0.05) is 41.8 Å². The highest BCUT2D eigenvalue weighted by Crippen LogP contribution is 2.30. The number of thioether (sulfide) groups is 1. The molecule has 0 radical (unpaired) electrons. The standard InChI is InChI=1S/C20H20N4OS/c25-20-23-19(26-14-16-4-3-9-22-12-16)17-5-1-2-6-18(17)24(20)13-15-7-10-21-11-8-15/h3-4,7-12H,1-2,5-6,13-14H2. The first kappa shape index (κ1) is 17.0. The number of aromatic nitrogens is 4. The van der Waals surface area contributed by atoms with E-state index in [4.69, 9.17) is 0 Å². The fourth-order valence-electron chi connectivity index (χ4n) is 3.34. The molecule has 26 heavy (non-hydrogen) atoms. The summed E-state index contributed by atoms with van der Waals surface area (Å²) in [5.41, 5.74) is 4.47. The molecular weight excluding hydrogens is 344 g/mol. The van der Waals surface area contributed by atoms with Gasteiger partial charge in [0.2, 0.25) is 0 Å². The SMILES string of the molecule is O=c1nc(SCc2cccnc2)c2c(n1Cc1ccncc1)CCCC2. The summed E-state index contributed by atoms with van der Waals surface area (Å²) in [4.78, 5) is 25.4. The molecule has 4 rings (SSSR count). The zero-order valence-electron chi connectivity index (χ0n) is 14.5. The van der Waals surface area contributed by atoms with E-state index in [0.29, 0.717) is 6.54 Å². The molecule has 1 aliphatic rings. The predicted octanol–water partition coefficient (Wildman–Crippen LogP) is 3.25. The van der Waals surface area contributed by atoms with E-state index in [-0.39, 0.29) is 5.69 Å². The van der Waals surface area contributed by atoms with Gasteiger partial charge in [-0.25, -0.2) is 4.79 Å². The maximum absolute atomic E-state index is 12.7. The average molecular weight is 364 g/mol. The molecule has 0 saturated carbocycles. The first-order chi connectivity index (χ1) is 12.8. The molecule has 3 heterocycles. The molecule has 0 unspecified atom stereocenters. The fourth-order valence-corrected chi connectivity index (χ4v) is 4.35. The number of hydrogen-bond donors (Lipinski definition) is 0. The lowest BCUT2D eigenvalue weighted by atomic mass is 9.97. The molecule has 0 spiro atoms. The zero-order chi connectivity index (χ0) is 17.8. The van der Waals surface area contributed by atoms with Crippen molar-refractivity contribution < 1.29 is 0 Å². The van der Waals surface area contributed by atoms with Crippen LogP contribution in [-0.4, -0.2) is 19.5 Å². The number of rotatable bonds is 5. The third kappa shape index (κ3) is 3.70. The molecule has 5 nitrogen and oxygen atoms in total. The van der Waals surface area contributed by atoms with Crippen LogP contribution in [-0.2, 0) is 25.1 Å². The predicted molar refractivity (Wildman–Crippen MR) is 102 cm³/mol. The molecule has 132 valence electrons. The molecule has 0 saturated heterocycles. The van der Waals surface area contributed by atoms with Crippen LogP contribution >= 0.6 is 11.8 Å². The third-order valence-corrected chi connectivity index (χ3v) is 5.73. The number of fused-ring (bicyclic) bond motifs is 1. The monoisotopic (exact) mass is 364 g/mol. The van der Waals surface area contributed by atoms with Gasteiger partial charge in [0.05, 0.1) is 6.54 Å². The van der Waals surface area contributed by atoms with Gasteiger partial charge in [0.15, 0.2) is 0 Å². The first-order valence-electron chi connectivity index (χ1n) is 8.84. The van der Waals surface area contributed by atoms with Gasteiger partial charge in [0.25, 0.3) is 0 Å². The Morgan fingerprint density at radius 1 is 1.00 bits per heavy atom. The van der Waals surface area contributed by atoms with Gasteiger partial charge >= 0.3 is 5.69 Å². The van der Waals surface area contributed by atoms with E-state index < -0.39 is 0 Å². The van der Waals surface area contributed by atoms with Crippen LogP contribution in [0, 0.1) is 0 Å². The molecule has 3 aromatic rings. The Morgan fingerprint density at radius 3 is 2.65 bits per heavy atom. The van der Waals surface area contributed by atoms with Crippen molar-refractivity contribution in [2.75, 3.05) is 0 Å². The van der Waals surface area contributed by atoms with Gasteiger partial charge in [-0.15, -0.1) is 11.8 Å². The Balaban J connectivity index is 1.66. The molecule has 0 bridgehead atoms. The molecule has 0 aromatic carbocycles. The van der Waals surface area contributed by atoms with Crippen molar-refractivity contribution in [3.8, 4) is 0 Å². The normalized spacial score (nSPS) is 13.4. The van der Waals surface area contributed by atoms with E-state index in [1.807, 2.05) is 29.0 Å². The van der Waals surface area contributed by atoms with Crippen molar-refractivity contribution in [3.63, 3.8) is 0 Å². The Labute approximate surface area is 156 Å². The van der Waals surface area contributed by atoms with Crippen LogP contribution in [0.4, 0.5) is 0 Å². The Kier molecular flexibility index (Phi) is 5.11. The fraction of sp³-hybridized carbons (Fsp3) is 0.300. The minimum atomic E-state index is -0.156. The lowest BCUT2D eigenvalue weighted by Crippen LogP contribution is -2.30. The maximum Gasteiger partial charge on any atom is 0.349 e. The molecular formula is C20H20N4OS. The molecule has 0 amide bonds. The topological polar surface area (TPSA) is 60.7 Å². The average Bonchev–Trinajstić information content (AvgIpc) is 2.70. The molecule has 1 aliphatic carbocycles. The summed E-state index contributed by atoms with van der Waals surface area (Å²) in [6.45, 7) is 0.560. The molecule has 0 fully saturated rings. The minimum absolute atomic E-state index is 0.156. The van der Waals surface area contributed by atoms with E-state index in [1.165, 1.54) is 5.56 Å². The van der Waals surface area contributed by atoms with Crippen molar-refractivity contribution in [2.24, 2.45) is 0 Å². The summed E-state index contributed by atoms with van der Waals surface area (Å²) < 4.78 is 1.85. The molecule has 3 aromatic heterocycles. The van der Waals surface area contributed by atoms with Crippen molar-refractivity contribution in [1.82, 2.24) is 19.5 Å². The van der Waals surface area contributed by atoms with Crippen LogP contribution in [0.2, 0.25) is 0 Å². The Bertz CT molecular complexity index is 941. The second-order valence-electron chi connectivity index (χ2n) is 6.42. The molecule has 6 heteroatoms. The van der Waals surface area contributed by atoms with E-state index in [1.54, 1.807) is 30.4 Å². The third-order valence-electron chi connectivity index (χ3n) is 4.64. The van der Waals surface area contributed by atoms with Gasteiger partial charge in [-0.2, -0.15) is 4.98 Å². The Hall–Kier alpha value is -2.47. The number of nitrogens with zero attached hydrogens (tertiary/aromatic N) is 4. The van der Waals surface area contributed by atoms with Crippen LogP contribution in [0.3, 0.4) is 0 Å². The van der Waals surface area contributed by atoms with Crippen molar-refractivity contribution in [2.45, 2.75) is 43.0 Å². The largest absolute Gasteiger partial charge is 0.349 e. The number of hydrogen-bond acceptors (Lipinski definition) is 5. The van der Waals surface area contributed by atoms with Crippen molar-refractivity contribution >= 4 is 11.8 Å². The Morgan fingerprint density at radius 2 is 1.85 bits per heavy atom. The van der Waals surface area contributed by atoms with Gasteiger partial charge in [0.1, 0.15) is 5.03 Å². The van der Waals surface area contributed by atoms with E-state index in [9.17, 15) is 4.79 Å². The van der Waals surface area contributed by atoms with Crippen LogP contribution in [0.1, 0.15) is 35.2 Å². The summed E-state index contributed by atoms with van der Waals surface area (Å²) in [5, 5.41) is 0.888. The highest BCUT2D eigenvalue weighted by Gasteiger charge is 2.20. The summed E-state index contributed by atoms with van der Waals surface area (Å²) in [5.74, 6) is 0.779. The van der Waals surface area contributed by atoms with Crippen LogP contribution in [0.15, 0.2) is 58.9 Å². The highest BCUT2D eigenvalue weighted by molar-refractivity contribution is 7.98. The summed E-state index contributed by atoms with van der Waals surface area (Å²) in [7, 11) is 0. The van der Waals surface area contributed by atoms with Gasteiger partial charge < -0.3 is 0 Å². The lowest BCUT2D eigenvalue weighted by molar-refractivity contribution is 0.569. The summed E-state index contributed by atoms with van der Waals surface area (Å²) in [6.07, 6.45) is 11.4. The smallest absolute Gasteiger partial charge is 0.292 e. The van der Waals surface area contributed by atoms with E-state index >= 15 is 0 Å². The maximum atomic E-state index is 12.7. The molecule has 0 atom stereocenters. The van der Waals surface area contributed by atoms with Crippen LogP contribution in [0.5, 0.6) is 0 Å². The lowest BCUT2D eigenvalue weighted by Gasteiger charge is -2.22. The molecule has 0 N–H and O–H groups in total. The molecule has 0 aliphatic heterocycles. The van der Waals surface area contributed by atoms with Crippen LogP contribution < -0.4 is 5.69 Å². The highest BCUT2D eigenvalue weighted by atomic mass is 32.2. The second-order valence-corrected chi connectivity index (χ2v) is 7.39. The minimum Gasteiger partial charge on any atom is -0.292 e. The second kappa shape index (κ2) is 7.83.